The first-order valence-corrected chi connectivity index (χ1v) is 12.8. The van der Waals surface area contributed by atoms with E-state index in [2.05, 4.69) is 4.57 Å². The third-order valence-electron chi connectivity index (χ3n) is 6.50. The van der Waals surface area contributed by atoms with Gasteiger partial charge in [0.2, 0.25) is 0 Å². The number of aromatic nitrogens is 1. The van der Waals surface area contributed by atoms with Crippen LogP contribution in [0.15, 0.2) is 53.6 Å². The fourth-order valence-corrected chi connectivity index (χ4v) is 6.09. The molecule has 2 amide bonds. The number of fused-ring (bicyclic) bond motifs is 1. The van der Waals surface area contributed by atoms with Gasteiger partial charge in [0.1, 0.15) is 0 Å². The molecule has 0 N–H and O–H groups in total. The van der Waals surface area contributed by atoms with Crippen molar-refractivity contribution >= 4 is 63.1 Å². The number of carbonyl (C=O) groups is 2. The smallest absolute Gasteiger partial charge is 0.293 e. The van der Waals surface area contributed by atoms with Crippen LogP contribution in [0.3, 0.4) is 0 Å². The summed E-state index contributed by atoms with van der Waals surface area (Å²) >= 11 is 13.5. The van der Waals surface area contributed by atoms with E-state index in [-0.39, 0.29) is 11.1 Å². The summed E-state index contributed by atoms with van der Waals surface area (Å²) in [6.07, 6.45) is 9.70. The molecule has 0 atom stereocenters. The Kier molecular flexibility index (Phi) is 6.55. The first-order valence-electron chi connectivity index (χ1n) is 11.3. The van der Waals surface area contributed by atoms with Crippen LogP contribution in [-0.4, -0.2) is 27.2 Å². The molecule has 5 rings (SSSR count). The third kappa shape index (κ3) is 4.72. The average molecular weight is 499 g/mol. The molecule has 1 aromatic heterocycles. The first-order chi connectivity index (χ1) is 16.0. The molecule has 2 fully saturated rings. The molecule has 0 spiro atoms. The molecule has 4 nitrogen and oxygen atoms in total. The number of hydrogen-bond acceptors (Lipinski definition) is 3. The van der Waals surface area contributed by atoms with Crippen molar-refractivity contribution in [1.29, 1.82) is 0 Å². The highest BCUT2D eigenvalue weighted by molar-refractivity contribution is 8.18. The van der Waals surface area contributed by atoms with Crippen molar-refractivity contribution in [2.75, 3.05) is 6.54 Å². The summed E-state index contributed by atoms with van der Waals surface area (Å²) in [6, 6.07) is 13.6. The van der Waals surface area contributed by atoms with Gasteiger partial charge < -0.3 is 4.57 Å². The van der Waals surface area contributed by atoms with E-state index in [0.717, 1.165) is 46.6 Å². The van der Waals surface area contributed by atoms with E-state index in [9.17, 15) is 9.59 Å². The summed E-state index contributed by atoms with van der Waals surface area (Å²) < 4.78 is 2.11. The van der Waals surface area contributed by atoms with Gasteiger partial charge in [-0.05, 0) is 60.4 Å². The molecular formula is C26H24Cl2N2O2S. The molecule has 3 aromatic rings. The Morgan fingerprint density at radius 1 is 1.03 bits per heavy atom. The SMILES string of the molecule is O=C1S/C(=C/c2cn(Cc3ccc(Cl)cc3Cl)c3ccccc23)C(=O)N1CC1CCCCC1. The largest absolute Gasteiger partial charge is 0.342 e. The van der Waals surface area contributed by atoms with Crippen LogP contribution in [0, 0.1) is 5.92 Å². The Bertz CT molecular complexity index is 1260. The van der Waals surface area contributed by atoms with Gasteiger partial charge >= 0.3 is 0 Å². The van der Waals surface area contributed by atoms with Crippen molar-refractivity contribution < 1.29 is 9.59 Å². The number of carbonyl (C=O) groups excluding carboxylic acids is 2. The van der Waals surface area contributed by atoms with E-state index in [1.807, 2.05) is 48.7 Å². The van der Waals surface area contributed by atoms with Crippen LogP contribution < -0.4 is 0 Å². The lowest BCUT2D eigenvalue weighted by molar-refractivity contribution is -0.123. The third-order valence-corrected chi connectivity index (χ3v) is 8.00. The normalized spacial score (nSPS) is 18.7. The zero-order chi connectivity index (χ0) is 22.9. The fraction of sp³-hybridized carbons (Fsp3) is 0.308. The van der Waals surface area contributed by atoms with E-state index in [1.165, 1.54) is 24.2 Å². The Morgan fingerprint density at radius 2 is 1.82 bits per heavy atom. The second-order valence-electron chi connectivity index (χ2n) is 8.76. The minimum Gasteiger partial charge on any atom is -0.342 e. The molecule has 2 aromatic carbocycles. The molecule has 1 saturated carbocycles. The van der Waals surface area contributed by atoms with Crippen LogP contribution in [0.2, 0.25) is 10.0 Å². The number of benzene rings is 2. The van der Waals surface area contributed by atoms with Gasteiger partial charge in [-0.2, -0.15) is 0 Å². The maximum atomic E-state index is 13.1. The van der Waals surface area contributed by atoms with E-state index in [0.29, 0.717) is 34.0 Å². The lowest BCUT2D eigenvalue weighted by Crippen LogP contribution is -2.34. The van der Waals surface area contributed by atoms with E-state index in [1.54, 1.807) is 6.07 Å². The van der Waals surface area contributed by atoms with Gasteiger partial charge in [-0.15, -0.1) is 0 Å². The molecule has 2 aliphatic rings. The predicted octanol–water partition coefficient (Wildman–Crippen LogP) is 7.61. The molecule has 0 unspecified atom stereocenters. The molecule has 170 valence electrons. The number of halogens is 2. The zero-order valence-electron chi connectivity index (χ0n) is 18.1. The number of rotatable bonds is 5. The second-order valence-corrected chi connectivity index (χ2v) is 10.6. The van der Waals surface area contributed by atoms with Gasteiger partial charge in [-0.1, -0.05) is 66.7 Å². The van der Waals surface area contributed by atoms with Crippen LogP contribution in [-0.2, 0) is 11.3 Å². The van der Waals surface area contributed by atoms with Crippen molar-refractivity contribution in [3.8, 4) is 0 Å². The molecule has 2 heterocycles. The summed E-state index contributed by atoms with van der Waals surface area (Å²) in [4.78, 5) is 27.6. The highest BCUT2D eigenvalue weighted by Crippen LogP contribution is 2.36. The Hall–Kier alpha value is -2.21. The van der Waals surface area contributed by atoms with Gasteiger partial charge in [-0.25, -0.2) is 0 Å². The standard InChI is InChI=1S/C26H24Cl2N2O2S/c27-20-11-10-18(22(28)13-20)15-29-16-19(21-8-4-5-9-23(21)29)12-24-25(31)30(26(32)33-24)14-17-6-2-1-3-7-17/h4-5,8-13,16-17H,1-3,6-7,14-15H2/b24-12+. The number of para-hydroxylation sites is 1. The number of imide groups is 1. The minimum atomic E-state index is -0.173. The van der Waals surface area contributed by atoms with Crippen molar-refractivity contribution in [3.63, 3.8) is 0 Å². The quantitative estimate of drug-likeness (QED) is 0.339. The van der Waals surface area contributed by atoms with Gasteiger partial charge in [0, 0.05) is 45.8 Å². The molecule has 1 aliphatic heterocycles. The van der Waals surface area contributed by atoms with Crippen molar-refractivity contribution in [1.82, 2.24) is 9.47 Å². The van der Waals surface area contributed by atoms with Gasteiger partial charge in [-0.3, -0.25) is 14.5 Å². The molecule has 1 aliphatic carbocycles. The zero-order valence-corrected chi connectivity index (χ0v) is 20.4. The topological polar surface area (TPSA) is 42.3 Å². The lowest BCUT2D eigenvalue weighted by Gasteiger charge is -2.25. The molecular weight excluding hydrogens is 475 g/mol. The van der Waals surface area contributed by atoms with Crippen molar-refractivity contribution in [2.45, 2.75) is 38.6 Å². The summed E-state index contributed by atoms with van der Waals surface area (Å²) in [5, 5.41) is 2.09. The Morgan fingerprint density at radius 3 is 2.61 bits per heavy atom. The maximum absolute atomic E-state index is 13.1. The number of nitrogens with zero attached hydrogens (tertiary/aromatic N) is 2. The molecule has 33 heavy (non-hydrogen) atoms. The van der Waals surface area contributed by atoms with Crippen LogP contribution in [0.25, 0.3) is 17.0 Å². The summed E-state index contributed by atoms with van der Waals surface area (Å²) in [7, 11) is 0. The van der Waals surface area contributed by atoms with Gasteiger partial charge in [0.25, 0.3) is 11.1 Å². The Labute approximate surface area is 207 Å². The second kappa shape index (κ2) is 9.57. The van der Waals surface area contributed by atoms with Crippen molar-refractivity contribution in [3.05, 3.63) is 74.7 Å². The van der Waals surface area contributed by atoms with E-state index < -0.39 is 0 Å². The molecule has 0 bridgehead atoms. The van der Waals surface area contributed by atoms with Crippen LogP contribution >= 0.6 is 35.0 Å². The predicted molar refractivity (Wildman–Crippen MR) is 137 cm³/mol. The van der Waals surface area contributed by atoms with Crippen LogP contribution in [0.4, 0.5) is 4.79 Å². The highest BCUT2D eigenvalue weighted by atomic mass is 35.5. The lowest BCUT2D eigenvalue weighted by atomic mass is 9.89. The maximum Gasteiger partial charge on any atom is 0.293 e. The molecule has 7 heteroatoms. The van der Waals surface area contributed by atoms with Gasteiger partial charge in [0.15, 0.2) is 0 Å². The van der Waals surface area contributed by atoms with Crippen LogP contribution in [0.1, 0.15) is 43.2 Å². The van der Waals surface area contributed by atoms with E-state index in [4.69, 9.17) is 23.2 Å². The molecule has 0 radical (unpaired) electrons. The monoisotopic (exact) mass is 498 g/mol. The minimum absolute atomic E-state index is 0.159. The van der Waals surface area contributed by atoms with Crippen LogP contribution in [0.5, 0.6) is 0 Å². The van der Waals surface area contributed by atoms with E-state index >= 15 is 0 Å². The van der Waals surface area contributed by atoms with Crippen molar-refractivity contribution in [2.24, 2.45) is 5.92 Å². The molecule has 1 saturated heterocycles. The fourth-order valence-electron chi connectivity index (χ4n) is 4.78. The number of amides is 2. The van der Waals surface area contributed by atoms with Gasteiger partial charge in [0.05, 0.1) is 4.91 Å². The summed E-state index contributed by atoms with van der Waals surface area (Å²) in [5.41, 5.74) is 2.91. The summed E-state index contributed by atoms with van der Waals surface area (Å²) in [5.74, 6) is 0.255. The average Bonchev–Trinajstić information content (AvgIpc) is 3.28. The Balaban J connectivity index is 1.44. The number of hydrogen-bond donors (Lipinski definition) is 0. The summed E-state index contributed by atoms with van der Waals surface area (Å²) in [6.45, 7) is 1.12. The number of thioether (sulfide) groups is 1. The first kappa shape index (κ1) is 22.6. The highest BCUT2D eigenvalue weighted by Gasteiger charge is 2.36.